The molecule has 1 aromatic carbocycles. The maximum absolute atomic E-state index is 11.5. The van der Waals surface area contributed by atoms with Crippen LogP contribution in [0.15, 0.2) is 24.4 Å². The van der Waals surface area contributed by atoms with Crippen molar-refractivity contribution < 1.29 is 9.53 Å². The molecule has 0 aliphatic carbocycles. The van der Waals surface area contributed by atoms with Crippen LogP contribution in [0.5, 0.6) is 5.75 Å². The number of carbonyl (C=O) groups excluding carboxylic acids is 1. The topological polar surface area (TPSA) is 59.9 Å². The first-order chi connectivity index (χ1) is 9.63. The molecular formula is C15H15N3O2. The van der Waals surface area contributed by atoms with E-state index in [1.807, 2.05) is 38.4 Å². The lowest BCUT2D eigenvalue weighted by molar-refractivity contribution is 0.112. The summed E-state index contributed by atoms with van der Waals surface area (Å²) in [6.07, 6.45) is 2.78. The lowest BCUT2D eigenvalue weighted by atomic mass is 10.1. The predicted molar refractivity (Wildman–Crippen MR) is 77.2 cm³/mol. The number of aromatic nitrogens is 3. The van der Waals surface area contributed by atoms with E-state index in [9.17, 15) is 4.79 Å². The highest BCUT2D eigenvalue weighted by molar-refractivity contribution is 6.04. The van der Waals surface area contributed by atoms with Gasteiger partial charge in [0.1, 0.15) is 5.75 Å². The van der Waals surface area contributed by atoms with Gasteiger partial charge >= 0.3 is 0 Å². The first-order valence-electron chi connectivity index (χ1n) is 6.29. The average Bonchev–Trinajstić information content (AvgIpc) is 2.96. The number of fused-ring (bicyclic) bond motifs is 1. The first kappa shape index (κ1) is 12.5. The number of aldehydes is 1. The van der Waals surface area contributed by atoms with E-state index in [0.29, 0.717) is 5.56 Å². The Labute approximate surface area is 116 Å². The molecule has 20 heavy (non-hydrogen) atoms. The molecule has 102 valence electrons. The minimum Gasteiger partial charge on any atom is -0.497 e. The molecule has 5 heteroatoms. The number of benzene rings is 1. The van der Waals surface area contributed by atoms with Crippen LogP contribution in [0.1, 0.15) is 16.1 Å². The summed E-state index contributed by atoms with van der Waals surface area (Å²) in [5.41, 5.74) is 4.16. The number of methoxy groups -OCH3 is 1. The summed E-state index contributed by atoms with van der Waals surface area (Å²) in [5, 5.41) is 5.18. The van der Waals surface area contributed by atoms with Crippen LogP contribution in [0.2, 0.25) is 0 Å². The molecule has 0 bridgehead atoms. The lowest BCUT2D eigenvalue weighted by Crippen LogP contribution is -1.86. The zero-order valence-electron chi connectivity index (χ0n) is 11.6. The number of H-pyrrole nitrogens is 1. The van der Waals surface area contributed by atoms with Crippen LogP contribution in [-0.2, 0) is 7.05 Å². The van der Waals surface area contributed by atoms with Gasteiger partial charge in [-0.25, -0.2) is 0 Å². The summed E-state index contributed by atoms with van der Waals surface area (Å²) in [4.78, 5) is 14.8. The van der Waals surface area contributed by atoms with Gasteiger partial charge in [-0.1, -0.05) is 0 Å². The molecule has 0 fully saturated rings. The summed E-state index contributed by atoms with van der Waals surface area (Å²) in [5.74, 6) is 0.731. The molecule has 5 nitrogen and oxygen atoms in total. The van der Waals surface area contributed by atoms with Gasteiger partial charge in [0, 0.05) is 35.3 Å². The van der Waals surface area contributed by atoms with E-state index in [1.165, 1.54) is 0 Å². The average molecular weight is 269 g/mol. The third kappa shape index (κ3) is 1.79. The minimum absolute atomic E-state index is 0.634. The third-order valence-corrected chi connectivity index (χ3v) is 3.45. The Morgan fingerprint density at radius 2 is 2.20 bits per heavy atom. The molecule has 0 unspecified atom stereocenters. The third-order valence-electron chi connectivity index (χ3n) is 3.45. The summed E-state index contributed by atoms with van der Waals surface area (Å²) in [6, 6.07) is 5.65. The summed E-state index contributed by atoms with van der Waals surface area (Å²) in [7, 11) is 3.48. The van der Waals surface area contributed by atoms with Crippen LogP contribution >= 0.6 is 0 Å². The van der Waals surface area contributed by atoms with Gasteiger partial charge in [0.2, 0.25) is 0 Å². The van der Waals surface area contributed by atoms with Gasteiger partial charge in [-0.2, -0.15) is 5.10 Å². The molecule has 3 aromatic rings. The molecule has 1 N–H and O–H groups in total. The highest BCUT2D eigenvalue weighted by atomic mass is 16.5. The monoisotopic (exact) mass is 269 g/mol. The van der Waals surface area contributed by atoms with E-state index in [2.05, 4.69) is 10.1 Å². The van der Waals surface area contributed by atoms with Crippen molar-refractivity contribution >= 4 is 17.2 Å². The molecule has 0 aliphatic heterocycles. The number of ether oxygens (including phenoxy) is 1. The summed E-state index contributed by atoms with van der Waals surface area (Å²) < 4.78 is 6.96. The number of aryl methyl sites for hydroxylation is 2. The van der Waals surface area contributed by atoms with Crippen LogP contribution in [-0.4, -0.2) is 28.2 Å². The lowest BCUT2D eigenvalue weighted by Gasteiger charge is -1.98. The minimum atomic E-state index is 0.634. The van der Waals surface area contributed by atoms with E-state index in [0.717, 1.165) is 39.9 Å². The zero-order valence-corrected chi connectivity index (χ0v) is 11.6. The van der Waals surface area contributed by atoms with Gasteiger partial charge < -0.3 is 9.72 Å². The molecule has 0 amide bonds. The molecule has 2 heterocycles. The first-order valence-corrected chi connectivity index (χ1v) is 6.29. The molecule has 2 aromatic heterocycles. The second-order valence-electron chi connectivity index (χ2n) is 4.74. The van der Waals surface area contributed by atoms with Crippen LogP contribution in [0.3, 0.4) is 0 Å². The Balaban J connectivity index is 2.31. The van der Waals surface area contributed by atoms with Crippen molar-refractivity contribution in [3.63, 3.8) is 0 Å². The fourth-order valence-electron chi connectivity index (χ4n) is 2.50. The van der Waals surface area contributed by atoms with E-state index >= 15 is 0 Å². The highest BCUT2D eigenvalue weighted by Crippen LogP contribution is 2.32. The number of hydrogen-bond acceptors (Lipinski definition) is 3. The van der Waals surface area contributed by atoms with Gasteiger partial charge in [0.05, 0.1) is 18.5 Å². The van der Waals surface area contributed by atoms with E-state index in [1.54, 1.807) is 11.8 Å². The molecule has 0 atom stereocenters. The Bertz CT molecular complexity index is 799. The van der Waals surface area contributed by atoms with E-state index in [4.69, 9.17) is 4.74 Å². The Morgan fingerprint density at radius 3 is 2.80 bits per heavy atom. The van der Waals surface area contributed by atoms with Gasteiger partial charge in [-0.3, -0.25) is 9.48 Å². The predicted octanol–water partition coefficient (Wildman–Crippen LogP) is 2.70. The van der Waals surface area contributed by atoms with Crippen molar-refractivity contribution in [3.05, 3.63) is 35.7 Å². The van der Waals surface area contributed by atoms with Gasteiger partial charge in [0.25, 0.3) is 0 Å². The largest absolute Gasteiger partial charge is 0.497 e. The molecule has 3 rings (SSSR count). The van der Waals surface area contributed by atoms with Crippen molar-refractivity contribution in [2.75, 3.05) is 7.11 Å². The fraction of sp³-hybridized carbons (Fsp3) is 0.200. The summed E-state index contributed by atoms with van der Waals surface area (Å²) >= 11 is 0. The van der Waals surface area contributed by atoms with Crippen LogP contribution in [0.4, 0.5) is 0 Å². The molecule has 0 saturated heterocycles. The smallest absolute Gasteiger partial charge is 0.152 e. The van der Waals surface area contributed by atoms with Crippen molar-refractivity contribution in [3.8, 4) is 17.0 Å². The number of nitrogens with zero attached hydrogens (tertiary/aromatic N) is 2. The van der Waals surface area contributed by atoms with Crippen LogP contribution in [0.25, 0.3) is 22.2 Å². The molecule has 0 radical (unpaired) electrons. The number of rotatable bonds is 3. The van der Waals surface area contributed by atoms with Crippen molar-refractivity contribution in [1.82, 2.24) is 14.8 Å². The quantitative estimate of drug-likeness (QED) is 0.744. The van der Waals surface area contributed by atoms with E-state index < -0.39 is 0 Å². The SMILES string of the molecule is COc1ccc2[nH]c(-c3cn(C)nc3C)c(C=O)c2c1. The molecule has 0 saturated carbocycles. The number of hydrogen-bond donors (Lipinski definition) is 1. The number of carbonyl (C=O) groups is 1. The number of nitrogens with one attached hydrogen (secondary N) is 1. The van der Waals surface area contributed by atoms with Crippen molar-refractivity contribution in [1.29, 1.82) is 0 Å². The normalized spacial score (nSPS) is 10.9. The van der Waals surface area contributed by atoms with Crippen molar-refractivity contribution in [2.24, 2.45) is 7.05 Å². The van der Waals surface area contributed by atoms with E-state index in [-0.39, 0.29) is 0 Å². The molecule has 0 spiro atoms. The maximum Gasteiger partial charge on any atom is 0.152 e. The van der Waals surface area contributed by atoms with Crippen LogP contribution < -0.4 is 4.74 Å². The van der Waals surface area contributed by atoms with Gasteiger partial charge in [0.15, 0.2) is 6.29 Å². The molecular weight excluding hydrogens is 254 g/mol. The standard InChI is InChI=1S/C15H15N3O2/c1-9-12(7-18(2)17-9)15-13(8-19)11-6-10(20-3)4-5-14(11)16-15/h4-8,16H,1-3H3. The molecule has 0 aliphatic rings. The summed E-state index contributed by atoms with van der Waals surface area (Å²) in [6.45, 7) is 1.93. The van der Waals surface area contributed by atoms with Gasteiger partial charge in [-0.05, 0) is 25.1 Å². The zero-order chi connectivity index (χ0) is 14.3. The number of aromatic amines is 1. The Hall–Kier alpha value is -2.56. The Morgan fingerprint density at radius 1 is 1.40 bits per heavy atom. The maximum atomic E-state index is 11.5. The highest BCUT2D eigenvalue weighted by Gasteiger charge is 2.16. The second kappa shape index (κ2) is 4.52. The van der Waals surface area contributed by atoms with Gasteiger partial charge in [-0.15, -0.1) is 0 Å². The van der Waals surface area contributed by atoms with Crippen LogP contribution in [0, 0.1) is 6.92 Å². The Kier molecular flexibility index (Phi) is 2.82. The fourth-order valence-corrected chi connectivity index (χ4v) is 2.50. The second-order valence-corrected chi connectivity index (χ2v) is 4.74. The van der Waals surface area contributed by atoms with Crippen molar-refractivity contribution in [2.45, 2.75) is 6.92 Å².